The predicted molar refractivity (Wildman–Crippen MR) is 86.1 cm³/mol. The second-order valence-corrected chi connectivity index (χ2v) is 7.97. The molecule has 1 aliphatic rings. The number of benzene rings is 1. The molecule has 1 atom stereocenters. The molecule has 1 aliphatic heterocycles. The van der Waals surface area contributed by atoms with E-state index < -0.39 is 15.8 Å². The number of fused-ring (bicyclic) bond motifs is 1. The van der Waals surface area contributed by atoms with Crippen molar-refractivity contribution in [2.45, 2.75) is 25.1 Å². The Kier molecular flexibility index (Phi) is 4.70. The molecular weight excluding hydrogens is 341 g/mol. The van der Waals surface area contributed by atoms with Crippen LogP contribution in [-0.4, -0.2) is 24.5 Å². The molecule has 0 spiro atoms. The van der Waals surface area contributed by atoms with E-state index in [4.69, 9.17) is 11.6 Å². The Morgan fingerprint density at radius 3 is 3.04 bits per heavy atom. The molecule has 0 saturated heterocycles. The fourth-order valence-corrected chi connectivity index (χ4v) is 4.15. The maximum absolute atomic E-state index is 13.1. The van der Waals surface area contributed by atoms with Crippen molar-refractivity contribution in [2.24, 2.45) is 5.92 Å². The minimum atomic E-state index is -3.49. The lowest BCUT2D eigenvalue weighted by Crippen LogP contribution is -2.33. The van der Waals surface area contributed by atoms with Crippen LogP contribution in [0.15, 0.2) is 30.6 Å². The Morgan fingerprint density at radius 1 is 1.43 bits per heavy atom. The van der Waals surface area contributed by atoms with Gasteiger partial charge in [-0.05, 0) is 30.0 Å². The molecule has 1 N–H and O–H groups in total. The molecule has 1 aromatic carbocycles. The molecule has 1 aromatic heterocycles. The van der Waals surface area contributed by atoms with Crippen LogP contribution < -0.4 is 4.72 Å². The minimum absolute atomic E-state index is 0.0724. The summed E-state index contributed by atoms with van der Waals surface area (Å²) in [6, 6.07) is 3.94. The number of halogens is 2. The molecule has 2 aromatic rings. The zero-order valence-electron chi connectivity index (χ0n) is 12.4. The first-order chi connectivity index (χ1) is 10.9. The fraction of sp³-hybridized carbons (Fsp3) is 0.400. The quantitative estimate of drug-likeness (QED) is 0.893. The number of hydrogen-bond donors (Lipinski definition) is 1. The summed E-state index contributed by atoms with van der Waals surface area (Å²) >= 11 is 5.68. The van der Waals surface area contributed by atoms with E-state index in [9.17, 15) is 12.8 Å². The Morgan fingerprint density at radius 2 is 2.26 bits per heavy atom. The van der Waals surface area contributed by atoms with Crippen molar-refractivity contribution in [3.63, 3.8) is 0 Å². The summed E-state index contributed by atoms with van der Waals surface area (Å²) in [6.07, 6.45) is 5.38. The van der Waals surface area contributed by atoms with E-state index in [0.29, 0.717) is 12.1 Å². The van der Waals surface area contributed by atoms with E-state index in [1.54, 1.807) is 6.20 Å². The summed E-state index contributed by atoms with van der Waals surface area (Å²) in [5.74, 6) is 0.453. The maximum Gasteiger partial charge on any atom is 0.215 e. The van der Waals surface area contributed by atoms with Crippen LogP contribution in [0.3, 0.4) is 0 Å². The molecule has 5 nitrogen and oxygen atoms in total. The number of rotatable bonds is 5. The second kappa shape index (κ2) is 6.59. The molecule has 2 heterocycles. The Bertz CT molecular complexity index is 807. The van der Waals surface area contributed by atoms with Gasteiger partial charge in [0, 0.05) is 31.9 Å². The van der Waals surface area contributed by atoms with Gasteiger partial charge < -0.3 is 4.57 Å². The summed E-state index contributed by atoms with van der Waals surface area (Å²) in [5, 5.41) is -0.0724. The van der Waals surface area contributed by atoms with Crippen LogP contribution in [0.4, 0.5) is 4.39 Å². The highest BCUT2D eigenvalue weighted by Crippen LogP contribution is 2.20. The summed E-state index contributed by atoms with van der Waals surface area (Å²) in [5.41, 5.74) is 0.461. The molecule has 23 heavy (non-hydrogen) atoms. The number of aryl methyl sites for hydroxylation is 1. The number of aromatic nitrogens is 2. The summed E-state index contributed by atoms with van der Waals surface area (Å²) in [7, 11) is -3.49. The van der Waals surface area contributed by atoms with E-state index >= 15 is 0 Å². The van der Waals surface area contributed by atoms with Crippen LogP contribution in [0.25, 0.3) is 0 Å². The van der Waals surface area contributed by atoms with Gasteiger partial charge in [0.1, 0.15) is 11.6 Å². The SMILES string of the molecule is O=S(=O)(Cc1ccc(F)c(Cl)c1)NCC1CCn2ccnc2C1. The largest absolute Gasteiger partial charge is 0.335 e. The van der Waals surface area contributed by atoms with Gasteiger partial charge in [-0.1, -0.05) is 17.7 Å². The highest BCUT2D eigenvalue weighted by Gasteiger charge is 2.21. The Hall–Kier alpha value is -1.44. The summed E-state index contributed by atoms with van der Waals surface area (Å²) < 4.78 is 42.2. The van der Waals surface area contributed by atoms with Gasteiger partial charge in [0.25, 0.3) is 0 Å². The predicted octanol–water partition coefficient (Wildman–Crippen LogP) is 2.36. The average molecular weight is 358 g/mol. The van der Waals surface area contributed by atoms with E-state index in [2.05, 4.69) is 14.3 Å². The van der Waals surface area contributed by atoms with Gasteiger partial charge in [-0.3, -0.25) is 0 Å². The fourth-order valence-electron chi connectivity index (χ4n) is 2.73. The monoisotopic (exact) mass is 357 g/mol. The van der Waals surface area contributed by atoms with Crippen molar-refractivity contribution in [3.05, 3.63) is 52.8 Å². The van der Waals surface area contributed by atoms with Crippen LogP contribution in [0.2, 0.25) is 5.02 Å². The highest BCUT2D eigenvalue weighted by molar-refractivity contribution is 7.88. The lowest BCUT2D eigenvalue weighted by Gasteiger charge is -2.23. The minimum Gasteiger partial charge on any atom is -0.335 e. The molecule has 0 radical (unpaired) electrons. The smallest absolute Gasteiger partial charge is 0.215 e. The van der Waals surface area contributed by atoms with Crippen molar-refractivity contribution in [3.8, 4) is 0 Å². The maximum atomic E-state index is 13.1. The van der Waals surface area contributed by atoms with Crippen LogP contribution in [-0.2, 0) is 28.7 Å². The number of nitrogens with one attached hydrogen (secondary N) is 1. The molecule has 1 unspecified atom stereocenters. The standard InChI is InChI=1S/C15H17ClFN3O2S/c16-13-7-12(1-2-14(13)17)10-23(21,22)19-9-11-3-5-20-6-4-18-15(20)8-11/h1-2,4,6-7,11,19H,3,5,8-10H2. The number of nitrogens with zero attached hydrogens (tertiary/aromatic N) is 2. The van der Waals surface area contributed by atoms with E-state index in [0.717, 1.165) is 25.2 Å². The molecular formula is C15H17ClFN3O2S. The van der Waals surface area contributed by atoms with Crippen LogP contribution >= 0.6 is 11.6 Å². The summed E-state index contributed by atoms with van der Waals surface area (Å²) in [6.45, 7) is 1.24. The first-order valence-electron chi connectivity index (χ1n) is 7.34. The van der Waals surface area contributed by atoms with Crippen molar-refractivity contribution in [1.82, 2.24) is 14.3 Å². The lowest BCUT2D eigenvalue weighted by molar-refractivity contribution is 0.379. The third kappa shape index (κ3) is 4.10. The molecule has 0 fully saturated rings. The molecule has 0 bridgehead atoms. The lowest BCUT2D eigenvalue weighted by atomic mass is 9.98. The topological polar surface area (TPSA) is 64.0 Å². The van der Waals surface area contributed by atoms with Gasteiger partial charge >= 0.3 is 0 Å². The third-order valence-corrected chi connectivity index (χ3v) is 5.59. The van der Waals surface area contributed by atoms with E-state index in [-0.39, 0.29) is 16.7 Å². The number of sulfonamides is 1. The molecule has 124 valence electrons. The van der Waals surface area contributed by atoms with E-state index in [1.807, 2.05) is 6.20 Å². The first kappa shape index (κ1) is 16.4. The molecule has 3 rings (SSSR count). The average Bonchev–Trinajstić information content (AvgIpc) is 2.96. The number of hydrogen-bond acceptors (Lipinski definition) is 3. The normalized spacial score (nSPS) is 17.9. The van der Waals surface area contributed by atoms with Crippen LogP contribution in [0, 0.1) is 11.7 Å². The molecule has 0 amide bonds. The number of imidazole rings is 1. The van der Waals surface area contributed by atoms with Gasteiger partial charge in [0.15, 0.2) is 0 Å². The Balaban J connectivity index is 1.58. The molecule has 8 heteroatoms. The molecule has 0 saturated carbocycles. The second-order valence-electron chi connectivity index (χ2n) is 5.75. The van der Waals surface area contributed by atoms with Crippen molar-refractivity contribution in [2.75, 3.05) is 6.54 Å². The van der Waals surface area contributed by atoms with Gasteiger partial charge in [0.2, 0.25) is 10.0 Å². The van der Waals surface area contributed by atoms with Gasteiger partial charge in [-0.2, -0.15) is 0 Å². The third-order valence-electron chi connectivity index (χ3n) is 3.98. The van der Waals surface area contributed by atoms with Crippen LogP contribution in [0.5, 0.6) is 0 Å². The van der Waals surface area contributed by atoms with Crippen molar-refractivity contribution >= 4 is 21.6 Å². The first-order valence-corrected chi connectivity index (χ1v) is 9.37. The highest BCUT2D eigenvalue weighted by atomic mass is 35.5. The molecule has 0 aliphatic carbocycles. The summed E-state index contributed by atoms with van der Waals surface area (Å²) in [4.78, 5) is 4.27. The zero-order chi connectivity index (χ0) is 16.4. The van der Waals surface area contributed by atoms with Crippen molar-refractivity contribution < 1.29 is 12.8 Å². The zero-order valence-corrected chi connectivity index (χ0v) is 13.9. The van der Waals surface area contributed by atoms with Crippen LogP contribution in [0.1, 0.15) is 17.8 Å². The van der Waals surface area contributed by atoms with Crippen molar-refractivity contribution in [1.29, 1.82) is 0 Å². The van der Waals surface area contributed by atoms with Gasteiger partial charge in [-0.15, -0.1) is 0 Å². The van der Waals surface area contributed by atoms with Gasteiger partial charge in [0.05, 0.1) is 10.8 Å². The van der Waals surface area contributed by atoms with Gasteiger partial charge in [-0.25, -0.2) is 22.5 Å². The Labute approximate surface area is 139 Å². The van der Waals surface area contributed by atoms with E-state index in [1.165, 1.54) is 18.2 Å².